The van der Waals surface area contributed by atoms with E-state index in [0.29, 0.717) is 6.10 Å². The first-order chi connectivity index (χ1) is 5.36. The van der Waals surface area contributed by atoms with Gasteiger partial charge in [0.2, 0.25) is 0 Å². The molecule has 0 saturated heterocycles. The molecule has 1 heteroatoms. The maximum atomic E-state index is 5.30. The van der Waals surface area contributed by atoms with Gasteiger partial charge in [-0.25, -0.2) is 0 Å². The van der Waals surface area contributed by atoms with Crippen LogP contribution >= 0.6 is 0 Å². The summed E-state index contributed by atoms with van der Waals surface area (Å²) < 4.78 is 5.30. The molecule has 1 rings (SSSR count). The van der Waals surface area contributed by atoms with Gasteiger partial charge in [0.15, 0.2) is 0 Å². The fraction of sp³-hybridized carbons (Fsp3) is 0.900. The molecular weight excluding hydrogens is 136 g/mol. The second-order valence-corrected chi connectivity index (χ2v) is 3.42. The van der Waals surface area contributed by atoms with Crippen LogP contribution in [0.4, 0.5) is 0 Å². The van der Waals surface area contributed by atoms with Crippen LogP contribution in [-0.4, -0.2) is 13.2 Å². The van der Waals surface area contributed by atoms with Crippen molar-refractivity contribution in [2.45, 2.75) is 45.1 Å². The Morgan fingerprint density at radius 2 is 1.91 bits per heavy atom. The maximum Gasteiger partial charge on any atom is 0.0571 e. The zero-order valence-corrected chi connectivity index (χ0v) is 7.68. The van der Waals surface area contributed by atoms with Crippen molar-refractivity contribution in [1.82, 2.24) is 0 Å². The molecule has 1 radical (unpaired) electrons. The van der Waals surface area contributed by atoms with Crippen molar-refractivity contribution in [3.05, 3.63) is 6.42 Å². The van der Waals surface area contributed by atoms with E-state index in [4.69, 9.17) is 4.74 Å². The fourth-order valence-corrected chi connectivity index (χ4v) is 1.89. The zero-order valence-electron chi connectivity index (χ0n) is 7.68. The molecule has 1 fully saturated rings. The number of hydrogen-bond acceptors (Lipinski definition) is 1. The van der Waals surface area contributed by atoms with Crippen molar-refractivity contribution in [3.63, 3.8) is 0 Å². The molecule has 0 bridgehead atoms. The van der Waals surface area contributed by atoms with E-state index >= 15 is 0 Å². The molecule has 65 valence electrons. The maximum absolute atomic E-state index is 5.30. The molecule has 11 heavy (non-hydrogen) atoms. The molecule has 1 nitrogen and oxygen atoms in total. The van der Waals surface area contributed by atoms with Gasteiger partial charge in [-0.05, 0) is 38.0 Å². The third-order valence-corrected chi connectivity index (χ3v) is 2.62. The monoisotopic (exact) mass is 155 g/mol. The average molecular weight is 155 g/mol. The molecular formula is C10H19O. The standard InChI is InChI=1S/C10H19O/c1-3-4-9-5-7-10(11-2)8-6-9/h4,9-10H,3,5-8H2,1-2H3. The fourth-order valence-electron chi connectivity index (χ4n) is 1.89. The molecule has 0 N–H and O–H groups in total. The van der Waals surface area contributed by atoms with Crippen LogP contribution in [0.15, 0.2) is 0 Å². The smallest absolute Gasteiger partial charge is 0.0571 e. The van der Waals surface area contributed by atoms with E-state index in [-0.39, 0.29) is 0 Å². The Balaban J connectivity index is 2.14. The van der Waals surface area contributed by atoms with Crippen molar-refractivity contribution in [2.75, 3.05) is 7.11 Å². The van der Waals surface area contributed by atoms with Gasteiger partial charge < -0.3 is 4.74 Å². The van der Waals surface area contributed by atoms with Crippen molar-refractivity contribution >= 4 is 0 Å². The minimum absolute atomic E-state index is 0.552. The summed E-state index contributed by atoms with van der Waals surface area (Å²) >= 11 is 0. The second-order valence-electron chi connectivity index (χ2n) is 3.42. The van der Waals surface area contributed by atoms with Crippen LogP contribution in [0, 0.1) is 12.3 Å². The Morgan fingerprint density at radius 1 is 1.27 bits per heavy atom. The first-order valence-electron chi connectivity index (χ1n) is 4.73. The highest BCUT2D eigenvalue weighted by Crippen LogP contribution is 2.28. The Kier molecular flexibility index (Phi) is 3.92. The molecule has 1 saturated carbocycles. The lowest BCUT2D eigenvalue weighted by molar-refractivity contribution is 0.0606. The van der Waals surface area contributed by atoms with Gasteiger partial charge in [-0.3, -0.25) is 0 Å². The van der Waals surface area contributed by atoms with Gasteiger partial charge >= 0.3 is 0 Å². The van der Waals surface area contributed by atoms with Crippen LogP contribution < -0.4 is 0 Å². The third-order valence-electron chi connectivity index (χ3n) is 2.62. The van der Waals surface area contributed by atoms with Crippen LogP contribution in [0.1, 0.15) is 39.0 Å². The summed E-state index contributed by atoms with van der Waals surface area (Å²) in [5, 5.41) is 0. The summed E-state index contributed by atoms with van der Waals surface area (Å²) in [6.07, 6.45) is 9.43. The van der Waals surface area contributed by atoms with E-state index in [9.17, 15) is 0 Å². The molecule has 0 unspecified atom stereocenters. The van der Waals surface area contributed by atoms with E-state index in [1.807, 2.05) is 7.11 Å². The summed E-state index contributed by atoms with van der Waals surface area (Å²) in [4.78, 5) is 0. The van der Waals surface area contributed by atoms with Crippen molar-refractivity contribution in [2.24, 2.45) is 5.92 Å². The Hall–Kier alpha value is -0.0400. The molecule has 1 aliphatic carbocycles. The van der Waals surface area contributed by atoms with E-state index in [1.165, 1.54) is 32.1 Å². The Bertz CT molecular complexity index is 93.0. The van der Waals surface area contributed by atoms with E-state index in [2.05, 4.69) is 13.3 Å². The highest BCUT2D eigenvalue weighted by atomic mass is 16.5. The third kappa shape index (κ3) is 2.82. The largest absolute Gasteiger partial charge is 0.381 e. The van der Waals surface area contributed by atoms with Crippen LogP contribution in [-0.2, 0) is 4.74 Å². The first kappa shape index (κ1) is 9.05. The lowest BCUT2D eigenvalue weighted by Gasteiger charge is -2.26. The summed E-state index contributed by atoms with van der Waals surface area (Å²) in [6.45, 7) is 2.22. The van der Waals surface area contributed by atoms with Crippen molar-refractivity contribution < 1.29 is 4.74 Å². The van der Waals surface area contributed by atoms with Crippen LogP contribution in [0.3, 0.4) is 0 Å². The highest BCUT2D eigenvalue weighted by Gasteiger charge is 2.19. The second kappa shape index (κ2) is 4.76. The number of hydrogen-bond donors (Lipinski definition) is 0. The zero-order chi connectivity index (χ0) is 8.10. The van der Waals surface area contributed by atoms with Gasteiger partial charge in [0, 0.05) is 7.11 Å². The Morgan fingerprint density at radius 3 is 2.36 bits per heavy atom. The van der Waals surface area contributed by atoms with Gasteiger partial charge in [-0.15, -0.1) is 0 Å². The molecule has 0 aromatic rings. The van der Waals surface area contributed by atoms with Gasteiger partial charge in [0.1, 0.15) is 0 Å². The minimum atomic E-state index is 0.552. The lowest BCUT2D eigenvalue weighted by Crippen LogP contribution is -2.20. The normalized spacial score (nSPS) is 32.2. The topological polar surface area (TPSA) is 9.23 Å². The highest BCUT2D eigenvalue weighted by molar-refractivity contribution is 4.81. The van der Waals surface area contributed by atoms with Gasteiger partial charge in [-0.1, -0.05) is 13.3 Å². The predicted octanol–water partition coefficient (Wildman–Crippen LogP) is 2.81. The summed E-state index contributed by atoms with van der Waals surface area (Å²) in [6, 6.07) is 0. The summed E-state index contributed by atoms with van der Waals surface area (Å²) in [7, 11) is 1.83. The SMILES string of the molecule is CC[CH]C1CCC(OC)CC1. The summed E-state index contributed by atoms with van der Waals surface area (Å²) in [5.74, 6) is 0.881. The predicted molar refractivity (Wildman–Crippen MR) is 47.3 cm³/mol. The molecule has 0 aromatic heterocycles. The first-order valence-corrected chi connectivity index (χ1v) is 4.73. The van der Waals surface area contributed by atoms with E-state index in [0.717, 1.165) is 5.92 Å². The quantitative estimate of drug-likeness (QED) is 0.609. The van der Waals surface area contributed by atoms with Crippen molar-refractivity contribution in [3.8, 4) is 0 Å². The van der Waals surface area contributed by atoms with Crippen molar-refractivity contribution in [1.29, 1.82) is 0 Å². The Labute approximate surface area is 70.1 Å². The van der Waals surface area contributed by atoms with Crippen LogP contribution in [0.2, 0.25) is 0 Å². The van der Waals surface area contributed by atoms with Crippen LogP contribution in [0.25, 0.3) is 0 Å². The van der Waals surface area contributed by atoms with Crippen LogP contribution in [0.5, 0.6) is 0 Å². The van der Waals surface area contributed by atoms with Gasteiger partial charge in [0.25, 0.3) is 0 Å². The minimum Gasteiger partial charge on any atom is -0.381 e. The van der Waals surface area contributed by atoms with E-state index in [1.54, 1.807) is 0 Å². The molecule has 0 aromatic carbocycles. The molecule has 0 spiro atoms. The lowest BCUT2D eigenvalue weighted by atomic mass is 9.85. The molecule has 0 atom stereocenters. The molecule has 1 aliphatic rings. The van der Waals surface area contributed by atoms with E-state index < -0.39 is 0 Å². The molecule has 0 aliphatic heterocycles. The number of rotatable bonds is 3. The van der Waals surface area contributed by atoms with Gasteiger partial charge in [-0.2, -0.15) is 0 Å². The molecule has 0 heterocycles. The summed E-state index contributed by atoms with van der Waals surface area (Å²) in [5.41, 5.74) is 0. The number of methoxy groups -OCH3 is 1. The number of ether oxygens (including phenoxy) is 1. The molecule has 0 amide bonds. The van der Waals surface area contributed by atoms with Gasteiger partial charge in [0.05, 0.1) is 6.10 Å². The average Bonchev–Trinajstić information content (AvgIpc) is 2.07.